The first-order valence-electron chi connectivity index (χ1n) is 6.67. The Hall–Kier alpha value is -2.36. The lowest BCUT2D eigenvalue weighted by Crippen LogP contribution is -2.02. The van der Waals surface area contributed by atoms with Crippen LogP contribution in [0.15, 0.2) is 42.5 Å². The Morgan fingerprint density at radius 2 is 1.90 bits per heavy atom. The van der Waals surface area contributed by atoms with Crippen molar-refractivity contribution in [1.82, 2.24) is 0 Å². The molecule has 1 N–H and O–H groups in total. The van der Waals surface area contributed by atoms with Crippen molar-refractivity contribution in [1.29, 1.82) is 0 Å². The van der Waals surface area contributed by atoms with Gasteiger partial charge < -0.3 is 9.84 Å². The summed E-state index contributed by atoms with van der Waals surface area (Å²) in [6.07, 6.45) is 0.0859. The first kappa shape index (κ1) is 15.0. The number of carbonyl (C=O) groups is 1. The topological polar surface area (TPSA) is 46.5 Å². The Balaban J connectivity index is 2.31. The number of ether oxygens (including phenoxy) is 1. The third-order valence-electron chi connectivity index (χ3n) is 3.43. The van der Waals surface area contributed by atoms with Crippen LogP contribution in [-0.2, 0) is 4.79 Å². The molecule has 3 nitrogen and oxygen atoms in total. The Morgan fingerprint density at radius 3 is 2.48 bits per heavy atom. The lowest BCUT2D eigenvalue weighted by atomic mass is 9.95. The molecule has 4 heteroatoms. The van der Waals surface area contributed by atoms with E-state index in [-0.39, 0.29) is 18.2 Å². The number of methoxy groups -OCH3 is 1. The molecule has 0 saturated carbocycles. The van der Waals surface area contributed by atoms with E-state index in [1.54, 1.807) is 13.2 Å². The zero-order chi connectivity index (χ0) is 15.4. The number of aliphatic carboxylic acids is 1. The fraction of sp³-hybridized carbons (Fsp3) is 0.235. The van der Waals surface area contributed by atoms with Gasteiger partial charge in [0.05, 0.1) is 13.5 Å². The van der Waals surface area contributed by atoms with Gasteiger partial charge in [-0.3, -0.25) is 4.79 Å². The Kier molecular flexibility index (Phi) is 4.58. The second-order valence-electron chi connectivity index (χ2n) is 4.97. The van der Waals surface area contributed by atoms with Crippen LogP contribution in [0.5, 0.6) is 5.75 Å². The van der Waals surface area contributed by atoms with Crippen LogP contribution in [0.3, 0.4) is 0 Å². The molecule has 0 radical (unpaired) electrons. The van der Waals surface area contributed by atoms with Gasteiger partial charge in [-0.1, -0.05) is 31.2 Å². The maximum Gasteiger partial charge on any atom is 0.303 e. The van der Waals surface area contributed by atoms with Gasteiger partial charge in [0, 0.05) is 5.56 Å². The summed E-state index contributed by atoms with van der Waals surface area (Å²) in [6.45, 7) is 1.87. The number of carboxylic acids is 1. The maximum atomic E-state index is 13.4. The number of hydrogen-bond acceptors (Lipinski definition) is 2. The Morgan fingerprint density at radius 1 is 1.24 bits per heavy atom. The van der Waals surface area contributed by atoms with Crippen LogP contribution in [0.25, 0.3) is 11.1 Å². The van der Waals surface area contributed by atoms with Crippen molar-refractivity contribution in [2.45, 2.75) is 19.3 Å². The van der Waals surface area contributed by atoms with Crippen molar-refractivity contribution < 1.29 is 19.0 Å². The third kappa shape index (κ3) is 3.60. The molecule has 0 aromatic heterocycles. The van der Waals surface area contributed by atoms with Gasteiger partial charge in [-0.05, 0) is 35.2 Å². The molecule has 1 unspecified atom stereocenters. The third-order valence-corrected chi connectivity index (χ3v) is 3.43. The van der Waals surface area contributed by atoms with Gasteiger partial charge in [0.25, 0.3) is 0 Å². The van der Waals surface area contributed by atoms with E-state index in [4.69, 9.17) is 9.84 Å². The molecule has 0 heterocycles. The van der Waals surface area contributed by atoms with Gasteiger partial charge in [0.2, 0.25) is 0 Å². The number of hydrogen-bond donors (Lipinski definition) is 1. The van der Waals surface area contributed by atoms with Crippen LogP contribution in [0, 0.1) is 5.82 Å². The van der Waals surface area contributed by atoms with Crippen molar-refractivity contribution in [3.8, 4) is 16.9 Å². The number of rotatable bonds is 5. The number of benzene rings is 2. The van der Waals surface area contributed by atoms with Gasteiger partial charge in [-0.2, -0.15) is 0 Å². The van der Waals surface area contributed by atoms with E-state index in [9.17, 15) is 9.18 Å². The first-order chi connectivity index (χ1) is 10.0. The highest BCUT2D eigenvalue weighted by Crippen LogP contribution is 2.31. The van der Waals surface area contributed by atoms with Crippen molar-refractivity contribution in [2.75, 3.05) is 7.11 Å². The minimum atomic E-state index is -0.821. The molecule has 0 bridgehead atoms. The monoisotopic (exact) mass is 288 g/mol. The predicted octanol–water partition coefficient (Wildman–Crippen LogP) is 4.08. The van der Waals surface area contributed by atoms with E-state index in [1.807, 2.05) is 31.2 Å². The summed E-state index contributed by atoms with van der Waals surface area (Å²) >= 11 is 0. The molecule has 0 aliphatic rings. The molecule has 0 spiro atoms. The van der Waals surface area contributed by atoms with E-state index >= 15 is 0 Å². The minimum Gasteiger partial charge on any atom is -0.496 e. The molecule has 0 fully saturated rings. The van der Waals surface area contributed by atoms with E-state index < -0.39 is 5.97 Å². The molecule has 110 valence electrons. The summed E-state index contributed by atoms with van der Waals surface area (Å²) in [6, 6.07) is 11.8. The largest absolute Gasteiger partial charge is 0.496 e. The van der Waals surface area contributed by atoms with E-state index in [2.05, 4.69) is 0 Å². The lowest BCUT2D eigenvalue weighted by Gasteiger charge is -2.12. The van der Waals surface area contributed by atoms with Gasteiger partial charge in [-0.15, -0.1) is 0 Å². The van der Waals surface area contributed by atoms with Crippen LogP contribution in [0.2, 0.25) is 0 Å². The molecule has 2 rings (SSSR count). The van der Waals surface area contributed by atoms with Crippen molar-refractivity contribution in [2.24, 2.45) is 0 Å². The predicted molar refractivity (Wildman–Crippen MR) is 79.1 cm³/mol. The number of halogens is 1. The van der Waals surface area contributed by atoms with Crippen molar-refractivity contribution >= 4 is 5.97 Å². The summed E-state index contributed by atoms with van der Waals surface area (Å²) in [5.74, 6) is -0.610. The van der Waals surface area contributed by atoms with E-state index in [1.165, 1.54) is 12.1 Å². The first-order valence-corrected chi connectivity index (χ1v) is 6.67. The van der Waals surface area contributed by atoms with Gasteiger partial charge in [-0.25, -0.2) is 4.39 Å². The highest BCUT2D eigenvalue weighted by atomic mass is 19.1. The lowest BCUT2D eigenvalue weighted by molar-refractivity contribution is -0.137. The highest BCUT2D eigenvalue weighted by molar-refractivity contribution is 5.71. The Bertz CT molecular complexity index is 635. The van der Waals surface area contributed by atoms with Gasteiger partial charge in [0.1, 0.15) is 11.6 Å². The highest BCUT2D eigenvalue weighted by Gasteiger charge is 2.11. The second kappa shape index (κ2) is 6.39. The molecule has 2 aromatic rings. The fourth-order valence-corrected chi connectivity index (χ4v) is 2.28. The maximum absolute atomic E-state index is 13.4. The SMILES string of the molecule is COc1ccc(F)cc1-c1ccc(C(C)CC(=O)O)cc1. The molecular weight excluding hydrogens is 271 g/mol. The summed E-state index contributed by atoms with van der Waals surface area (Å²) in [7, 11) is 1.54. The molecular formula is C17H17FO3. The van der Waals surface area contributed by atoms with Gasteiger partial charge in [0.15, 0.2) is 0 Å². The van der Waals surface area contributed by atoms with Crippen molar-refractivity contribution in [3.05, 3.63) is 53.8 Å². The molecule has 0 aliphatic heterocycles. The molecule has 2 aromatic carbocycles. The zero-order valence-electron chi connectivity index (χ0n) is 12.0. The van der Waals surface area contributed by atoms with Gasteiger partial charge >= 0.3 is 5.97 Å². The zero-order valence-corrected chi connectivity index (χ0v) is 12.0. The average molecular weight is 288 g/mol. The smallest absolute Gasteiger partial charge is 0.303 e. The number of carboxylic acid groups (broad SMARTS) is 1. The molecule has 1 atom stereocenters. The van der Waals surface area contributed by atoms with Crippen molar-refractivity contribution in [3.63, 3.8) is 0 Å². The quantitative estimate of drug-likeness (QED) is 0.901. The second-order valence-corrected chi connectivity index (χ2v) is 4.97. The van der Waals surface area contributed by atoms with Crippen LogP contribution in [-0.4, -0.2) is 18.2 Å². The van der Waals surface area contributed by atoms with E-state index in [0.717, 1.165) is 11.1 Å². The average Bonchev–Trinajstić information content (AvgIpc) is 2.46. The molecule has 0 amide bonds. The normalized spacial score (nSPS) is 12.0. The minimum absolute atomic E-state index is 0.0639. The summed E-state index contributed by atoms with van der Waals surface area (Å²) < 4.78 is 18.6. The van der Waals surface area contributed by atoms with Crippen LogP contribution < -0.4 is 4.74 Å². The summed E-state index contributed by atoms with van der Waals surface area (Å²) in [4.78, 5) is 10.7. The fourth-order valence-electron chi connectivity index (χ4n) is 2.28. The Labute approximate surface area is 123 Å². The molecule has 21 heavy (non-hydrogen) atoms. The van der Waals surface area contributed by atoms with Crippen LogP contribution in [0.4, 0.5) is 4.39 Å². The van der Waals surface area contributed by atoms with Crippen LogP contribution in [0.1, 0.15) is 24.8 Å². The van der Waals surface area contributed by atoms with Crippen LogP contribution >= 0.6 is 0 Å². The summed E-state index contributed by atoms with van der Waals surface area (Å²) in [5.41, 5.74) is 2.45. The molecule has 0 saturated heterocycles. The summed E-state index contributed by atoms with van der Waals surface area (Å²) in [5, 5.41) is 8.82. The molecule has 0 aliphatic carbocycles. The van der Waals surface area contributed by atoms with E-state index in [0.29, 0.717) is 11.3 Å². The standard InChI is InChI=1S/C17H17FO3/c1-11(9-17(19)20)12-3-5-13(6-4-12)15-10-14(18)7-8-16(15)21-2/h3-8,10-11H,9H2,1-2H3,(H,19,20).